The number of aryl methyl sites for hydroxylation is 1. The number of aromatic nitrogens is 1. The van der Waals surface area contributed by atoms with Gasteiger partial charge in [-0.05, 0) is 38.2 Å². The van der Waals surface area contributed by atoms with Gasteiger partial charge in [0.15, 0.2) is 5.78 Å². The summed E-state index contributed by atoms with van der Waals surface area (Å²) in [7, 11) is 2.01. The van der Waals surface area contributed by atoms with Gasteiger partial charge in [-0.15, -0.1) is 0 Å². The Hall–Kier alpha value is -1.78. The van der Waals surface area contributed by atoms with Crippen LogP contribution in [0.1, 0.15) is 16.1 Å². The number of carbonyl (C=O) groups excluding carboxylic acids is 1. The topological polar surface area (TPSA) is 42.4 Å². The summed E-state index contributed by atoms with van der Waals surface area (Å²) in [5, 5.41) is 0.991. The van der Waals surface area contributed by atoms with Gasteiger partial charge in [-0.3, -0.25) is 9.78 Å². The molecule has 0 bridgehead atoms. The third-order valence-corrected chi connectivity index (χ3v) is 3.67. The van der Waals surface area contributed by atoms with E-state index in [0.717, 1.165) is 23.1 Å². The molecule has 1 aliphatic rings. The number of morpholine rings is 1. The standard InChI is InChI=1S/C16H18N2O2/c1-11-3-4-12-9-13(5-6-14(12)17-11)16(19)15-10-18(2)7-8-20-15/h3-6,9,15H,7-8,10H2,1-2H3. The Labute approximate surface area is 118 Å². The highest BCUT2D eigenvalue weighted by Crippen LogP contribution is 2.18. The lowest BCUT2D eigenvalue weighted by Gasteiger charge is -2.29. The average Bonchev–Trinajstić information content (AvgIpc) is 2.46. The van der Waals surface area contributed by atoms with Crippen LogP contribution in [0.15, 0.2) is 30.3 Å². The van der Waals surface area contributed by atoms with Crippen molar-refractivity contribution in [2.45, 2.75) is 13.0 Å². The fourth-order valence-corrected chi connectivity index (χ4v) is 2.50. The van der Waals surface area contributed by atoms with Crippen molar-refractivity contribution in [3.8, 4) is 0 Å². The van der Waals surface area contributed by atoms with Gasteiger partial charge < -0.3 is 9.64 Å². The second kappa shape index (κ2) is 5.31. The SMILES string of the molecule is Cc1ccc2cc(C(=O)C3CN(C)CCO3)ccc2n1. The van der Waals surface area contributed by atoms with Gasteiger partial charge in [0.2, 0.25) is 0 Å². The Morgan fingerprint density at radius 3 is 3.00 bits per heavy atom. The van der Waals surface area contributed by atoms with Crippen molar-refractivity contribution in [3.05, 3.63) is 41.6 Å². The third kappa shape index (κ3) is 2.57. The number of benzene rings is 1. The molecule has 4 nitrogen and oxygen atoms in total. The number of Topliss-reactive ketones (excluding diaryl/α,β-unsaturated/α-hetero) is 1. The van der Waals surface area contributed by atoms with Crippen LogP contribution in [-0.4, -0.2) is 48.5 Å². The highest BCUT2D eigenvalue weighted by Gasteiger charge is 2.25. The summed E-state index contributed by atoms with van der Waals surface area (Å²) in [6.07, 6.45) is -0.357. The number of ether oxygens (including phenoxy) is 1. The molecule has 0 spiro atoms. The minimum Gasteiger partial charge on any atom is -0.367 e. The first kappa shape index (κ1) is 13.2. The molecule has 1 aromatic heterocycles. The smallest absolute Gasteiger partial charge is 0.192 e. The summed E-state index contributed by atoms with van der Waals surface area (Å²) in [6, 6.07) is 9.61. The molecule has 1 atom stereocenters. The fourth-order valence-electron chi connectivity index (χ4n) is 2.50. The zero-order valence-electron chi connectivity index (χ0n) is 11.8. The Morgan fingerprint density at radius 2 is 2.20 bits per heavy atom. The lowest BCUT2D eigenvalue weighted by Crippen LogP contribution is -2.44. The molecule has 0 amide bonds. The number of pyridine rings is 1. The van der Waals surface area contributed by atoms with Crippen molar-refractivity contribution in [2.24, 2.45) is 0 Å². The third-order valence-electron chi connectivity index (χ3n) is 3.67. The maximum absolute atomic E-state index is 12.5. The van der Waals surface area contributed by atoms with Crippen LogP contribution in [0.25, 0.3) is 10.9 Å². The van der Waals surface area contributed by atoms with E-state index in [2.05, 4.69) is 9.88 Å². The second-order valence-electron chi connectivity index (χ2n) is 5.35. The first-order valence-electron chi connectivity index (χ1n) is 6.85. The van der Waals surface area contributed by atoms with Crippen molar-refractivity contribution < 1.29 is 9.53 Å². The largest absolute Gasteiger partial charge is 0.367 e. The number of ketones is 1. The number of hydrogen-bond donors (Lipinski definition) is 0. The summed E-state index contributed by atoms with van der Waals surface area (Å²) in [4.78, 5) is 19.1. The molecule has 2 heterocycles. The minimum absolute atomic E-state index is 0.0547. The summed E-state index contributed by atoms with van der Waals surface area (Å²) >= 11 is 0. The zero-order valence-corrected chi connectivity index (χ0v) is 11.8. The predicted octanol–water partition coefficient (Wildman–Crippen LogP) is 2.06. The van der Waals surface area contributed by atoms with Gasteiger partial charge in [-0.1, -0.05) is 6.07 Å². The van der Waals surface area contributed by atoms with E-state index in [1.807, 2.05) is 44.3 Å². The molecule has 0 radical (unpaired) electrons. The van der Waals surface area contributed by atoms with E-state index in [1.165, 1.54) is 0 Å². The van der Waals surface area contributed by atoms with Crippen molar-refractivity contribution in [1.29, 1.82) is 0 Å². The first-order valence-corrected chi connectivity index (χ1v) is 6.85. The van der Waals surface area contributed by atoms with Crippen LogP contribution in [0.3, 0.4) is 0 Å². The molecule has 0 N–H and O–H groups in total. The zero-order chi connectivity index (χ0) is 14.1. The first-order chi connectivity index (χ1) is 9.63. The molecule has 1 aliphatic heterocycles. The monoisotopic (exact) mass is 270 g/mol. The van der Waals surface area contributed by atoms with E-state index in [9.17, 15) is 4.79 Å². The van der Waals surface area contributed by atoms with Crippen molar-refractivity contribution in [2.75, 3.05) is 26.7 Å². The van der Waals surface area contributed by atoms with E-state index >= 15 is 0 Å². The van der Waals surface area contributed by atoms with Crippen LogP contribution in [-0.2, 0) is 4.74 Å². The lowest BCUT2D eigenvalue weighted by atomic mass is 10.0. The number of likely N-dealkylation sites (N-methyl/N-ethyl adjacent to an activating group) is 1. The maximum Gasteiger partial charge on any atom is 0.192 e. The van der Waals surface area contributed by atoms with Gasteiger partial charge >= 0.3 is 0 Å². The molecule has 2 aromatic rings. The number of nitrogens with zero attached hydrogens (tertiary/aromatic N) is 2. The molecule has 0 aliphatic carbocycles. The van der Waals surface area contributed by atoms with Crippen molar-refractivity contribution in [3.63, 3.8) is 0 Å². The van der Waals surface area contributed by atoms with Gasteiger partial charge in [0.05, 0.1) is 12.1 Å². The Bertz CT molecular complexity index is 654. The molecule has 0 saturated carbocycles. The molecule has 1 unspecified atom stereocenters. The Morgan fingerprint density at radius 1 is 1.35 bits per heavy atom. The predicted molar refractivity (Wildman–Crippen MR) is 78.0 cm³/mol. The Balaban J connectivity index is 1.89. The van der Waals surface area contributed by atoms with Crippen molar-refractivity contribution >= 4 is 16.7 Å². The van der Waals surface area contributed by atoms with E-state index in [1.54, 1.807) is 0 Å². The summed E-state index contributed by atoms with van der Waals surface area (Å²) in [6.45, 7) is 4.11. The maximum atomic E-state index is 12.5. The van der Waals surface area contributed by atoms with Crippen LogP contribution in [0.5, 0.6) is 0 Å². The van der Waals surface area contributed by atoms with Gasteiger partial charge in [-0.2, -0.15) is 0 Å². The summed E-state index contributed by atoms with van der Waals surface area (Å²) in [5.74, 6) is 0.0547. The summed E-state index contributed by atoms with van der Waals surface area (Å²) < 4.78 is 5.59. The molecule has 1 fully saturated rings. The van der Waals surface area contributed by atoms with Gasteiger partial charge in [0.25, 0.3) is 0 Å². The summed E-state index contributed by atoms with van der Waals surface area (Å²) in [5.41, 5.74) is 2.60. The molecular formula is C16H18N2O2. The van der Waals surface area contributed by atoms with E-state index in [4.69, 9.17) is 4.74 Å². The van der Waals surface area contributed by atoms with E-state index in [0.29, 0.717) is 18.7 Å². The number of fused-ring (bicyclic) bond motifs is 1. The molecule has 1 saturated heterocycles. The van der Waals surface area contributed by atoms with Crippen LogP contribution in [0.4, 0.5) is 0 Å². The molecule has 4 heteroatoms. The fraction of sp³-hybridized carbons (Fsp3) is 0.375. The van der Waals surface area contributed by atoms with E-state index < -0.39 is 0 Å². The van der Waals surface area contributed by atoms with Gasteiger partial charge in [0.1, 0.15) is 6.10 Å². The second-order valence-corrected chi connectivity index (χ2v) is 5.35. The molecule has 104 valence electrons. The average molecular weight is 270 g/mol. The van der Waals surface area contributed by atoms with Crippen LogP contribution >= 0.6 is 0 Å². The quantitative estimate of drug-likeness (QED) is 0.783. The van der Waals surface area contributed by atoms with Gasteiger partial charge in [-0.25, -0.2) is 0 Å². The van der Waals surface area contributed by atoms with Crippen LogP contribution in [0.2, 0.25) is 0 Å². The number of carbonyl (C=O) groups is 1. The highest BCUT2D eigenvalue weighted by atomic mass is 16.5. The Kier molecular flexibility index (Phi) is 3.51. The van der Waals surface area contributed by atoms with Gasteiger partial charge in [0, 0.05) is 29.7 Å². The van der Waals surface area contributed by atoms with Crippen LogP contribution in [0, 0.1) is 6.92 Å². The molecule has 20 heavy (non-hydrogen) atoms. The number of rotatable bonds is 2. The van der Waals surface area contributed by atoms with E-state index in [-0.39, 0.29) is 11.9 Å². The highest BCUT2D eigenvalue weighted by molar-refractivity contribution is 6.02. The normalized spacial score (nSPS) is 20.2. The van der Waals surface area contributed by atoms with Crippen LogP contribution < -0.4 is 0 Å². The van der Waals surface area contributed by atoms with Crippen molar-refractivity contribution in [1.82, 2.24) is 9.88 Å². The molecule has 1 aromatic carbocycles. The molecule has 3 rings (SSSR count). The molecular weight excluding hydrogens is 252 g/mol. The lowest BCUT2D eigenvalue weighted by molar-refractivity contribution is -0.00861. The number of hydrogen-bond acceptors (Lipinski definition) is 4. The minimum atomic E-state index is -0.357.